The lowest BCUT2D eigenvalue weighted by Crippen LogP contribution is -2.27. The predicted molar refractivity (Wildman–Crippen MR) is 104 cm³/mol. The fourth-order valence-corrected chi connectivity index (χ4v) is 4.64. The SMILES string of the molecule is Cc1ccc(NC(=O)CCc2ccc(S(=O)(=O)N3CCCC3)cc2)c(O)c1. The van der Waals surface area contributed by atoms with Crippen molar-refractivity contribution in [2.45, 2.75) is 37.5 Å². The molecule has 0 unspecified atom stereocenters. The summed E-state index contributed by atoms with van der Waals surface area (Å²) >= 11 is 0. The number of aryl methyl sites for hydroxylation is 2. The molecule has 6 nitrogen and oxygen atoms in total. The van der Waals surface area contributed by atoms with Gasteiger partial charge in [0.15, 0.2) is 0 Å². The Labute approximate surface area is 159 Å². The highest BCUT2D eigenvalue weighted by Gasteiger charge is 2.26. The molecule has 3 rings (SSSR count). The molecule has 0 atom stereocenters. The molecule has 0 aliphatic carbocycles. The molecule has 7 heteroatoms. The third-order valence-electron chi connectivity index (χ3n) is 4.69. The number of carbonyl (C=O) groups is 1. The minimum absolute atomic E-state index is 0.0415. The Morgan fingerprint density at radius 1 is 1.11 bits per heavy atom. The van der Waals surface area contributed by atoms with Crippen molar-refractivity contribution in [2.75, 3.05) is 18.4 Å². The number of hydrogen-bond acceptors (Lipinski definition) is 4. The maximum Gasteiger partial charge on any atom is 0.243 e. The van der Waals surface area contributed by atoms with Crippen LogP contribution in [0.25, 0.3) is 0 Å². The normalized spacial score (nSPS) is 15.0. The maximum atomic E-state index is 12.5. The first-order valence-electron chi connectivity index (χ1n) is 9.05. The molecule has 1 aliphatic heterocycles. The van der Waals surface area contributed by atoms with Crippen LogP contribution < -0.4 is 5.32 Å². The molecule has 0 saturated carbocycles. The van der Waals surface area contributed by atoms with Crippen LogP contribution >= 0.6 is 0 Å². The van der Waals surface area contributed by atoms with Gasteiger partial charge in [-0.25, -0.2) is 8.42 Å². The van der Waals surface area contributed by atoms with Crippen LogP contribution in [0.3, 0.4) is 0 Å². The second-order valence-corrected chi connectivity index (χ2v) is 8.76. The number of nitrogens with zero attached hydrogens (tertiary/aromatic N) is 1. The van der Waals surface area contributed by atoms with Crippen LogP contribution in [-0.4, -0.2) is 36.8 Å². The summed E-state index contributed by atoms with van der Waals surface area (Å²) in [6.07, 6.45) is 2.54. The molecule has 1 fully saturated rings. The largest absolute Gasteiger partial charge is 0.506 e. The molecule has 144 valence electrons. The highest BCUT2D eigenvalue weighted by molar-refractivity contribution is 7.89. The minimum Gasteiger partial charge on any atom is -0.506 e. The molecule has 2 N–H and O–H groups in total. The van der Waals surface area contributed by atoms with Crippen molar-refractivity contribution in [1.82, 2.24) is 4.31 Å². The minimum atomic E-state index is -3.41. The van der Waals surface area contributed by atoms with Crippen molar-refractivity contribution in [2.24, 2.45) is 0 Å². The summed E-state index contributed by atoms with van der Waals surface area (Å²) in [6, 6.07) is 11.8. The number of carbonyl (C=O) groups excluding carboxylic acids is 1. The zero-order valence-electron chi connectivity index (χ0n) is 15.3. The van der Waals surface area contributed by atoms with Crippen LogP contribution in [0.1, 0.15) is 30.4 Å². The number of benzene rings is 2. The zero-order valence-corrected chi connectivity index (χ0v) is 16.1. The van der Waals surface area contributed by atoms with Crippen molar-refractivity contribution in [3.63, 3.8) is 0 Å². The molecule has 1 heterocycles. The summed E-state index contributed by atoms with van der Waals surface area (Å²) in [4.78, 5) is 12.4. The molecule has 2 aromatic rings. The van der Waals surface area contributed by atoms with Gasteiger partial charge >= 0.3 is 0 Å². The second kappa shape index (κ2) is 8.10. The highest BCUT2D eigenvalue weighted by Crippen LogP contribution is 2.24. The molecular weight excluding hydrogens is 364 g/mol. The van der Waals surface area contributed by atoms with E-state index >= 15 is 0 Å². The molecule has 0 aromatic heterocycles. The van der Waals surface area contributed by atoms with E-state index in [1.54, 1.807) is 36.4 Å². The lowest BCUT2D eigenvalue weighted by Gasteiger charge is -2.15. The molecule has 1 saturated heterocycles. The monoisotopic (exact) mass is 388 g/mol. The van der Waals surface area contributed by atoms with E-state index in [4.69, 9.17) is 0 Å². The van der Waals surface area contributed by atoms with Crippen LogP contribution in [0.5, 0.6) is 5.75 Å². The Morgan fingerprint density at radius 3 is 2.41 bits per heavy atom. The van der Waals surface area contributed by atoms with Crippen LogP contribution in [0.15, 0.2) is 47.4 Å². The second-order valence-electron chi connectivity index (χ2n) is 6.82. The molecule has 1 aliphatic rings. The van der Waals surface area contributed by atoms with Gasteiger partial charge < -0.3 is 10.4 Å². The lowest BCUT2D eigenvalue weighted by molar-refractivity contribution is -0.116. The van der Waals surface area contributed by atoms with Crippen LogP contribution in [-0.2, 0) is 21.2 Å². The molecule has 1 amide bonds. The lowest BCUT2D eigenvalue weighted by atomic mass is 10.1. The molecule has 0 bridgehead atoms. The molecule has 0 spiro atoms. The Kier molecular flexibility index (Phi) is 5.82. The van der Waals surface area contributed by atoms with E-state index in [0.29, 0.717) is 30.1 Å². The first kappa shape index (κ1) is 19.4. The molecule has 0 radical (unpaired) electrons. The van der Waals surface area contributed by atoms with Gasteiger partial charge in [-0.3, -0.25) is 4.79 Å². The van der Waals surface area contributed by atoms with Gasteiger partial charge in [0.2, 0.25) is 15.9 Å². The molecule has 2 aromatic carbocycles. The third kappa shape index (κ3) is 4.67. The van der Waals surface area contributed by atoms with Crippen molar-refractivity contribution in [3.8, 4) is 5.75 Å². The molecule has 27 heavy (non-hydrogen) atoms. The Hall–Kier alpha value is -2.38. The van der Waals surface area contributed by atoms with E-state index in [-0.39, 0.29) is 18.1 Å². The number of phenolic OH excluding ortho intramolecular Hbond substituents is 1. The number of rotatable bonds is 6. The van der Waals surface area contributed by atoms with Gasteiger partial charge in [0, 0.05) is 19.5 Å². The fraction of sp³-hybridized carbons (Fsp3) is 0.350. The maximum absolute atomic E-state index is 12.5. The van der Waals surface area contributed by atoms with Gasteiger partial charge in [-0.1, -0.05) is 18.2 Å². The first-order chi connectivity index (χ1) is 12.9. The zero-order chi connectivity index (χ0) is 19.4. The standard InChI is InChI=1S/C20H24N2O4S/c1-15-4-10-18(19(23)14-15)21-20(24)11-7-16-5-8-17(9-6-16)27(25,26)22-12-2-3-13-22/h4-6,8-10,14,23H,2-3,7,11-13H2,1H3,(H,21,24). The van der Waals surface area contributed by atoms with Gasteiger partial charge in [-0.15, -0.1) is 0 Å². The topological polar surface area (TPSA) is 86.7 Å². The number of aromatic hydroxyl groups is 1. The van der Waals surface area contributed by atoms with Gasteiger partial charge in [0.25, 0.3) is 0 Å². The van der Waals surface area contributed by atoms with E-state index in [9.17, 15) is 18.3 Å². The Morgan fingerprint density at radius 2 is 1.78 bits per heavy atom. The fourth-order valence-electron chi connectivity index (χ4n) is 3.12. The van der Waals surface area contributed by atoms with Crippen LogP contribution in [0.4, 0.5) is 5.69 Å². The quantitative estimate of drug-likeness (QED) is 0.745. The van der Waals surface area contributed by atoms with Gasteiger partial charge in [-0.2, -0.15) is 4.31 Å². The van der Waals surface area contributed by atoms with Crippen molar-refractivity contribution in [3.05, 3.63) is 53.6 Å². The van der Waals surface area contributed by atoms with E-state index in [2.05, 4.69) is 5.32 Å². The van der Waals surface area contributed by atoms with E-state index < -0.39 is 10.0 Å². The predicted octanol–water partition coefficient (Wildman–Crippen LogP) is 3.06. The average Bonchev–Trinajstić information content (AvgIpc) is 3.18. The number of amides is 1. The van der Waals surface area contributed by atoms with Crippen molar-refractivity contribution >= 4 is 21.6 Å². The summed E-state index contributed by atoms with van der Waals surface area (Å²) in [6.45, 7) is 3.02. The number of hydrogen-bond donors (Lipinski definition) is 2. The van der Waals surface area contributed by atoms with Gasteiger partial charge in [0.05, 0.1) is 10.6 Å². The summed E-state index contributed by atoms with van der Waals surface area (Å²) < 4.78 is 26.5. The first-order valence-corrected chi connectivity index (χ1v) is 10.5. The smallest absolute Gasteiger partial charge is 0.243 e. The van der Waals surface area contributed by atoms with E-state index in [1.807, 2.05) is 13.0 Å². The van der Waals surface area contributed by atoms with E-state index in [1.165, 1.54) is 4.31 Å². The van der Waals surface area contributed by atoms with Gasteiger partial charge in [0.1, 0.15) is 5.75 Å². The summed E-state index contributed by atoms with van der Waals surface area (Å²) in [5.74, 6) is -0.164. The van der Waals surface area contributed by atoms with Gasteiger partial charge in [-0.05, 0) is 61.6 Å². The average molecular weight is 388 g/mol. The number of nitrogens with one attached hydrogen (secondary N) is 1. The highest BCUT2D eigenvalue weighted by atomic mass is 32.2. The van der Waals surface area contributed by atoms with E-state index in [0.717, 1.165) is 24.0 Å². The van der Waals surface area contributed by atoms with Crippen molar-refractivity contribution < 1.29 is 18.3 Å². The van der Waals surface area contributed by atoms with Crippen molar-refractivity contribution in [1.29, 1.82) is 0 Å². The van der Waals surface area contributed by atoms with Crippen LogP contribution in [0, 0.1) is 6.92 Å². The Balaban J connectivity index is 1.57. The van der Waals surface area contributed by atoms with Crippen LogP contribution in [0.2, 0.25) is 0 Å². The summed E-state index contributed by atoms with van der Waals surface area (Å²) in [5.41, 5.74) is 2.19. The Bertz CT molecular complexity index is 917. The number of phenols is 1. The number of sulfonamides is 1. The number of anilines is 1. The third-order valence-corrected chi connectivity index (χ3v) is 6.61. The summed E-state index contributed by atoms with van der Waals surface area (Å²) in [7, 11) is -3.41. The summed E-state index contributed by atoms with van der Waals surface area (Å²) in [5, 5.41) is 12.5. The molecular formula is C20H24N2O4S.